The molecular formula is C14H17NO2. The molecule has 3 nitrogen and oxygen atoms in total. The summed E-state index contributed by atoms with van der Waals surface area (Å²) in [7, 11) is 0. The van der Waals surface area contributed by atoms with Crippen LogP contribution in [0.25, 0.3) is 0 Å². The van der Waals surface area contributed by atoms with Gasteiger partial charge in [0.1, 0.15) is 6.61 Å². The maximum absolute atomic E-state index is 11.9. The number of ether oxygens (including phenoxy) is 1. The average molecular weight is 231 g/mol. The molecule has 3 rings (SSSR count). The number of carbonyl (C=O) groups is 1. The highest BCUT2D eigenvalue weighted by molar-refractivity contribution is 5.74. The van der Waals surface area contributed by atoms with Crippen LogP contribution in [0.5, 0.6) is 0 Å². The van der Waals surface area contributed by atoms with Crippen molar-refractivity contribution in [3.8, 4) is 0 Å². The average Bonchev–Trinajstić information content (AvgIpc) is 2.99. The molecule has 1 saturated carbocycles. The fourth-order valence-corrected chi connectivity index (χ4v) is 2.95. The fraction of sp³-hybridized carbons (Fsp3) is 0.500. The molecule has 1 heterocycles. The summed E-state index contributed by atoms with van der Waals surface area (Å²) in [6, 6.07) is 10.2. The number of piperidine rings is 1. The third-order valence-corrected chi connectivity index (χ3v) is 3.86. The highest BCUT2D eigenvalue weighted by Crippen LogP contribution is 2.36. The van der Waals surface area contributed by atoms with Gasteiger partial charge in [0, 0.05) is 6.04 Å². The maximum atomic E-state index is 11.9. The first kappa shape index (κ1) is 10.8. The van der Waals surface area contributed by atoms with Crippen LogP contribution in [-0.4, -0.2) is 18.6 Å². The summed E-state index contributed by atoms with van der Waals surface area (Å²) in [4.78, 5) is 11.9. The van der Waals surface area contributed by atoms with Gasteiger partial charge in [-0.2, -0.15) is 0 Å². The highest BCUT2D eigenvalue weighted by atomic mass is 16.5. The van der Waals surface area contributed by atoms with Crippen LogP contribution in [0.3, 0.4) is 0 Å². The van der Waals surface area contributed by atoms with Gasteiger partial charge in [-0.25, -0.2) is 0 Å². The normalized spacial score (nSPS) is 30.5. The molecule has 1 N–H and O–H groups in total. The molecule has 0 radical (unpaired) electrons. The van der Waals surface area contributed by atoms with Gasteiger partial charge in [-0.1, -0.05) is 30.3 Å². The summed E-state index contributed by atoms with van der Waals surface area (Å²) in [5, 5.41) is 3.38. The molecule has 3 unspecified atom stereocenters. The molecule has 3 heteroatoms. The van der Waals surface area contributed by atoms with Gasteiger partial charge in [0.05, 0.1) is 5.92 Å². The fourth-order valence-electron chi connectivity index (χ4n) is 2.95. The number of benzene rings is 1. The third kappa shape index (κ3) is 2.20. The molecule has 0 spiro atoms. The second kappa shape index (κ2) is 4.49. The minimum absolute atomic E-state index is 0.0337. The zero-order valence-corrected chi connectivity index (χ0v) is 9.76. The molecule has 2 aliphatic rings. The first-order valence-corrected chi connectivity index (χ1v) is 6.27. The molecule has 1 aromatic carbocycles. The van der Waals surface area contributed by atoms with E-state index in [0.29, 0.717) is 18.6 Å². The second-order valence-corrected chi connectivity index (χ2v) is 5.05. The number of fused-ring (bicyclic) bond motifs is 2. The van der Waals surface area contributed by atoms with Crippen LogP contribution in [0.2, 0.25) is 0 Å². The standard InChI is InChI=1S/C14H17NO2/c16-14(12-6-11-7-13(12)15-8-11)17-9-10-4-2-1-3-5-10/h1-5,11-13,15H,6-9H2. The van der Waals surface area contributed by atoms with Crippen molar-refractivity contribution in [2.75, 3.05) is 6.54 Å². The monoisotopic (exact) mass is 231 g/mol. The largest absolute Gasteiger partial charge is 0.461 e. The van der Waals surface area contributed by atoms with Crippen molar-refractivity contribution >= 4 is 5.97 Å². The third-order valence-electron chi connectivity index (χ3n) is 3.86. The molecule has 90 valence electrons. The Kier molecular flexibility index (Phi) is 2.85. The predicted molar refractivity (Wildman–Crippen MR) is 64.2 cm³/mol. The minimum atomic E-state index is -0.0337. The van der Waals surface area contributed by atoms with Crippen LogP contribution in [0.15, 0.2) is 30.3 Å². The number of rotatable bonds is 3. The van der Waals surface area contributed by atoms with E-state index < -0.39 is 0 Å². The topological polar surface area (TPSA) is 38.3 Å². The van der Waals surface area contributed by atoms with Crippen LogP contribution in [0.4, 0.5) is 0 Å². The zero-order chi connectivity index (χ0) is 11.7. The summed E-state index contributed by atoms with van der Waals surface area (Å²) in [5.74, 6) is 0.736. The zero-order valence-electron chi connectivity index (χ0n) is 9.76. The summed E-state index contributed by atoms with van der Waals surface area (Å²) >= 11 is 0. The van der Waals surface area contributed by atoms with Gasteiger partial charge >= 0.3 is 5.97 Å². The van der Waals surface area contributed by atoms with Crippen molar-refractivity contribution in [1.29, 1.82) is 0 Å². The van der Waals surface area contributed by atoms with Gasteiger partial charge in [0.25, 0.3) is 0 Å². The van der Waals surface area contributed by atoms with Gasteiger partial charge in [0.15, 0.2) is 0 Å². The predicted octanol–water partition coefficient (Wildman–Crippen LogP) is 1.73. The first-order valence-electron chi connectivity index (χ1n) is 6.27. The molecular weight excluding hydrogens is 214 g/mol. The van der Waals surface area contributed by atoms with Gasteiger partial charge in [-0.05, 0) is 30.9 Å². The van der Waals surface area contributed by atoms with Gasteiger partial charge in [0.2, 0.25) is 0 Å². The Hall–Kier alpha value is -1.35. The Morgan fingerprint density at radius 1 is 1.29 bits per heavy atom. The summed E-state index contributed by atoms with van der Waals surface area (Å²) in [6.45, 7) is 1.47. The van der Waals surface area contributed by atoms with Crippen molar-refractivity contribution in [2.24, 2.45) is 11.8 Å². The number of esters is 1. The Bertz CT molecular complexity index is 404. The van der Waals surface area contributed by atoms with E-state index in [4.69, 9.17) is 4.74 Å². The highest BCUT2D eigenvalue weighted by Gasteiger charge is 2.43. The molecule has 1 aliphatic heterocycles. The van der Waals surface area contributed by atoms with Gasteiger partial charge in [-0.3, -0.25) is 4.79 Å². The lowest BCUT2D eigenvalue weighted by Crippen LogP contribution is -2.37. The molecule has 3 atom stereocenters. The molecule has 17 heavy (non-hydrogen) atoms. The van der Waals surface area contributed by atoms with Crippen LogP contribution >= 0.6 is 0 Å². The molecule has 1 saturated heterocycles. The Labute approximate surface area is 101 Å². The van der Waals surface area contributed by atoms with E-state index >= 15 is 0 Å². The van der Waals surface area contributed by atoms with Crippen molar-refractivity contribution in [2.45, 2.75) is 25.5 Å². The Morgan fingerprint density at radius 2 is 2.12 bits per heavy atom. The summed E-state index contributed by atoms with van der Waals surface area (Å²) in [6.07, 6.45) is 2.15. The SMILES string of the molecule is O=C(OCc1ccccc1)C1CC2CNC1C2. The van der Waals surface area contributed by atoms with E-state index in [1.54, 1.807) is 0 Å². The van der Waals surface area contributed by atoms with E-state index in [-0.39, 0.29) is 11.9 Å². The summed E-state index contributed by atoms with van der Waals surface area (Å²) in [5.41, 5.74) is 1.05. The van der Waals surface area contributed by atoms with E-state index in [2.05, 4.69) is 5.32 Å². The lowest BCUT2D eigenvalue weighted by atomic mass is 10.0. The second-order valence-electron chi connectivity index (χ2n) is 5.05. The lowest BCUT2D eigenvalue weighted by Gasteiger charge is -2.21. The number of nitrogens with one attached hydrogen (secondary N) is 1. The van der Waals surface area contributed by atoms with E-state index in [1.807, 2.05) is 30.3 Å². The number of hydrogen-bond donors (Lipinski definition) is 1. The van der Waals surface area contributed by atoms with Gasteiger partial charge < -0.3 is 10.1 Å². The Morgan fingerprint density at radius 3 is 2.76 bits per heavy atom. The maximum Gasteiger partial charge on any atom is 0.310 e. The summed E-state index contributed by atoms with van der Waals surface area (Å²) < 4.78 is 5.39. The quantitative estimate of drug-likeness (QED) is 0.805. The van der Waals surface area contributed by atoms with Crippen LogP contribution in [0, 0.1) is 11.8 Å². The van der Waals surface area contributed by atoms with E-state index in [0.717, 1.165) is 24.9 Å². The van der Waals surface area contributed by atoms with Crippen LogP contribution in [-0.2, 0) is 16.1 Å². The van der Waals surface area contributed by atoms with Crippen molar-refractivity contribution in [3.05, 3.63) is 35.9 Å². The van der Waals surface area contributed by atoms with Crippen molar-refractivity contribution in [1.82, 2.24) is 5.32 Å². The minimum Gasteiger partial charge on any atom is -0.461 e. The van der Waals surface area contributed by atoms with Crippen LogP contribution < -0.4 is 5.32 Å². The van der Waals surface area contributed by atoms with E-state index in [1.165, 1.54) is 0 Å². The number of hydrogen-bond acceptors (Lipinski definition) is 3. The molecule has 2 bridgehead atoms. The van der Waals surface area contributed by atoms with E-state index in [9.17, 15) is 4.79 Å². The van der Waals surface area contributed by atoms with Crippen molar-refractivity contribution in [3.63, 3.8) is 0 Å². The molecule has 0 amide bonds. The molecule has 1 aromatic rings. The number of carbonyl (C=O) groups excluding carboxylic acids is 1. The molecule has 0 aromatic heterocycles. The Balaban J connectivity index is 1.54. The molecule has 1 aliphatic carbocycles. The first-order chi connectivity index (χ1) is 8.33. The molecule has 2 fully saturated rings. The van der Waals surface area contributed by atoms with Crippen LogP contribution in [0.1, 0.15) is 18.4 Å². The smallest absolute Gasteiger partial charge is 0.310 e. The van der Waals surface area contributed by atoms with Gasteiger partial charge in [-0.15, -0.1) is 0 Å². The lowest BCUT2D eigenvalue weighted by molar-refractivity contribution is -0.150. The van der Waals surface area contributed by atoms with Crippen molar-refractivity contribution < 1.29 is 9.53 Å².